The molecule has 33 heavy (non-hydrogen) atoms. The Kier molecular flexibility index (Phi) is 25.1. The van der Waals surface area contributed by atoms with Gasteiger partial charge in [-0.3, -0.25) is 4.79 Å². The molecule has 0 bridgehead atoms. The Hall–Kier alpha value is -0.830. The van der Waals surface area contributed by atoms with Gasteiger partial charge in [0.25, 0.3) is 0 Å². The van der Waals surface area contributed by atoms with Crippen molar-refractivity contribution in [2.24, 2.45) is 0 Å². The Morgan fingerprint density at radius 1 is 0.667 bits per heavy atom. The average Bonchev–Trinajstić information content (AvgIpc) is 2.79. The van der Waals surface area contributed by atoms with E-state index >= 15 is 0 Å². The maximum atomic E-state index is 11.3. The molecule has 0 saturated heterocycles. The van der Waals surface area contributed by atoms with Gasteiger partial charge in [-0.1, -0.05) is 122 Å². The highest BCUT2D eigenvalue weighted by Crippen LogP contribution is 2.16. The molecular formula is C30H58O3. The van der Waals surface area contributed by atoms with Crippen LogP contribution in [0.5, 0.6) is 0 Å². The monoisotopic (exact) mass is 466 g/mol. The molecule has 0 radical (unpaired) electrons. The van der Waals surface area contributed by atoms with Crippen LogP contribution in [0.1, 0.15) is 162 Å². The molecule has 0 aliphatic rings. The van der Waals surface area contributed by atoms with E-state index in [0.717, 1.165) is 44.9 Å². The first kappa shape index (κ1) is 32.2. The van der Waals surface area contributed by atoms with Crippen molar-refractivity contribution in [2.45, 2.75) is 174 Å². The maximum Gasteiger partial charge on any atom is 0.302 e. The summed E-state index contributed by atoms with van der Waals surface area (Å²) in [6, 6.07) is 0. The van der Waals surface area contributed by atoms with Crippen molar-refractivity contribution in [3.8, 4) is 0 Å². The van der Waals surface area contributed by atoms with Crippen LogP contribution in [0.25, 0.3) is 0 Å². The van der Waals surface area contributed by atoms with E-state index in [0.29, 0.717) is 0 Å². The van der Waals surface area contributed by atoms with Gasteiger partial charge in [0.1, 0.15) is 6.10 Å². The van der Waals surface area contributed by atoms with Crippen LogP contribution in [-0.4, -0.2) is 23.3 Å². The minimum Gasteiger partial charge on any atom is -0.462 e. The minimum absolute atomic E-state index is 0.0489. The zero-order chi connectivity index (χ0) is 24.4. The molecule has 0 saturated carbocycles. The number of carbonyl (C=O) groups excluding carboxylic acids is 1. The van der Waals surface area contributed by atoms with Gasteiger partial charge in [-0.15, -0.1) is 0 Å². The lowest BCUT2D eigenvalue weighted by Gasteiger charge is -2.15. The Morgan fingerprint density at radius 2 is 1.12 bits per heavy atom. The van der Waals surface area contributed by atoms with Crippen molar-refractivity contribution < 1.29 is 14.6 Å². The molecule has 0 aromatic heterocycles. The number of aliphatic hydroxyl groups is 1. The van der Waals surface area contributed by atoms with E-state index in [2.05, 4.69) is 26.0 Å². The van der Waals surface area contributed by atoms with Crippen molar-refractivity contribution >= 4 is 5.97 Å². The minimum atomic E-state index is -0.160. The van der Waals surface area contributed by atoms with Crippen molar-refractivity contribution in [2.75, 3.05) is 0 Å². The molecule has 2 unspecified atom stereocenters. The number of unbranched alkanes of at least 4 members (excludes halogenated alkanes) is 15. The predicted molar refractivity (Wildman–Crippen MR) is 144 cm³/mol. The van der Waals surface area contributed by atoms with Crippen LogP contribution >= 0.6 is 0 Å². The number of allylic oxidation sites excluding steroid dienone is 1. The largest absolute Gasteiger partial charge is 0.462 e. The number of hydrogen-bond acceptors (Lipinski definition) is 3. The van der Waals surface area contributed by atoms with E-state index in [1.807, 2.05) is 0 Å². The molecule has 3 nitrogen and oxygen atoms in total. The zero-order valence-electron chi connectivity index (χ0n) is 22.6. The highest BCUT2D eigenvalue weighted by atomic mass is 16.5. The highest BCUT2D eigenvalue weighted by molar-refractivity contribution is 5.66. The molecule has 0 aromatic rings. The molecule has 0 aliphatic carbocycles. The van der Waals surface area contributed by atoms with Gasteiger partial charge >= 0.3 is 5.97 Å². The van der Waals surface area contributed by atoms with E-state index in [4.69, 9.17) is 4.74 Å². The summed E-state index contributed by atoms with van der Waals surface area (Å²) in [5.74, 6) is -0.160. The Morgan fingerprint density at radius 3 is 1.67 bits per heavy atom. The number of carbonyl (C=O) groups is 1. The summed E-state index contributed by atoms with van der Waals surface area (Å²) in [6.45, 7) is 5.99. The summed E-state index contributed by atoms with van der Waals surface area (Å²) in [7, 11) is 0. The van der Waals surface area contributed by atoms with Crippen LogP contribution in [0, 0.1) is 0 Å². The smallest absolute Gasteiger partial charge is 0.302 e. The van der Waals surface area contributed by atoms with Crippen molar-refractivity contribution in [1.82, 2.24) is 0 Å². The fourth-order valence-electron chi connectivity index (χ4n) is 4.45. The lowest BCUT2D eigenvalue weighted by atomic mass is 10.0. The van der Waals surface area contributed by atoms with Gasteiger partial charge < -0.3 is 9.84 Å². The van der Waals surface area contributed by atoms with Gasteiger partial charge in [0.05, 0.1) is 6.10 Å². The van der Waals surface area contributed by atoms with E-state index < -0.39 is 0 Å². The second-order valence-corrected chi connectivity index (χ2v) is 10.1. The van der Waals surface area contributed by atoms with Crippen LogP contribution in [0.3, 0.4) is 0 Å². The van der Waals surface area contributed by atoms with Crippen molar-refractivity contribution in [1.29, 1.82) is 0 Å². The average molecular weight is 467 g/mol. The van der Waals surface area contributed by atoms with Crippen LogP contribution in [0.4, 0.5) is 0 Å². The molecule has 0 amide bonds. The molecule has 0 aromatic carbocycles. The fourth-order valence-corrected chi connectivity index (χ4v) is 4.45. The molecule has 0 heterocycles. The fraction of sp³-hybridized carbons (Fsp3) is 0.900. The normalized spacial score (nSPS) is 13.5. The Balaban J connectivity index is 3.54. The standard InChI is InChI=1S/C30H58O3/c1-4-6-8-10-11-14-17-20-24-29(32)25-21-18-15-12-13-16-19-23-27-30(33-28(3)31)26-22-9-7-5-2/h19,23,29-30,32H,4-18,20-22,24-27H2,1-3H3. The van der Waals surface area contributed by atoms with Gasteiger partial charge in [-0.25, -0.2) is 0 Å². The molecule has 196 valence electrons. The van der Waals surface area contributed by atoms with Crippen molar-refractivity contribution in [3.63, 3.8) is 0 Å². The first-order valence-corrected chi connectivity index (χ1v) is 14.6. The SMILES string of the molecule is CCCCCCCCCCC(O)CCCCCCCC=CCC(CCCCCC)OC(C)=O. The Labute approximate surface area is 207 Å². The molecular weight excluding hydrogens is 408 g/mol. The number of ether oxygens (including phenoxy) is 1. The predicted octanol–water partition coefficient (Wildman–Crippen LogP) is 9.46. The first-order chi connectivity index (χ1) is 16.1. The summed E-state index contributed by atoms with van der Waals surface area (Å²) in [4.78, 5) is 11.3. The first-order valence-electron chi connectivity index (χ1n) is 14.6. The molecule has 0 fully saturated rings. The third kappa shape index (κ3) is 25.6. The van der Waals surface area contributed by atoms with E-state index in [1.165, 1.54) is 103 Å². The van der Waals surface area contributed by atoms with Crippen LogP contribution < -0.4 is 0 Å². The van der Waals surface area contributed by atoms with E-state index in [9.17, 15) is 9.90 Å². The van der Waals surface area contributed by atoms with Crippen LogP contribution in [-0.2, 0) is 9.53 Å². The quantitative estimate of drug-likeness (QED) is 0.0827. The second kappa shape index (κ2) is 25.8. The van der Waals surface area contributed by atoms with Gasteiger partial charge in [0.2, 0.25) is 0 Å². The van der Waals surface area contributed by atoms with Gasteiger partial charge in [-0.2, -0.15) is 0 Å². The number of aliphatic hydroxyl groups excluding tert-OH is 1. The summed E-state index contributed by atoms with van der Waals surface area (Å²) in [5.41, 5.74) is 0. The van der Waals surface area contributed by atoms with Gasteiger partial charge in [0, 0.05) is 13.3 Å². The molecule has 0 rings (SSSR count). The summed E-state index contributed by atoms with van der Waals surface area (Å²) < 4.78 is 5.47. The molecule has 0 spiro atoms. The third-order valence-electron chi connectivity index (χ3n) is 6.58. The zero-order valence-corrected chi connectivity index (χ0v) is 22.6. The van der Waals surface area contributed by atoms with Gasteiger partial charge in [-0.05, 0) is 38.5 Å². The van der Waals surface area contributed by atoms with Crippen LogP contribution in [0.2, 0.25) is 0 Å². The lowest BCUT2D eigenvalue weighted by Crippen LogP contribution is -2.15. The van der Waals surface area contributed by atoms with Crippen LogP contribution in [0.15, 0.2) is 12.2 Å². The number of esters is 1. The van der Waals surface area contributed by atoms with E-state index in [1.54, 1.807) is 0 Å². The molecule has 1 N–H and O–H groups in total. The summed E-state index contributed by atoms with van der Waals surface area (Å²) in [5, 5.41) is 10.2. The topological polar surface area (TPSA) is 46.5 Å². The molecule has 2 atom stereocenters. The number of rotatable bonds is 25. The molecule has 0 aliphatic heterocycles. The summed E-state index contributed by atoms with van der Waals surface area (Å²) >= 11 is 0. The highest BCUT2D eigenvalue weighted by Gasteiger charge is 2.09. The Bertz CT molecular complexity index is 432. The number of hydrogen-bond donors (Lipinski definition) is 1. The van der Waals surface area contributed by atoms with Crippen molar-refractivity contribution in [3.05, 3.63) is 12.2 Å². The maximum absolute atomic E-state index is 11.3. The second-order valence-electron chi connectivity index (χ2n) is 10.1. The summed E-state index contributed by atoms with van der Waals surface area (Å²) in [6.07, 6.45) is 31.1. The third-order valence-corrected chi connectivity index (χ3v) is 6.58. The van der Waals surface area contributed by atoms with E-state index in [-0.39, 0.29) is 18.2 Å². The molecule has 3 heteroatoms. The lowest BCUT2D eigenvalue weighted by molar-refractivity contribution is -0.146. The van der Waals surface area contributed by atoms with Gasteiger partial charge in [0.15, 0.2) is 0 Å².